The molecule has 2 atom stereocenters. The Morgan fingerprint density at radius 2 is 2.00 bits per heavy atom. The van der Waals surface area contributed by atoms with Crippen LogP contribution >= 0.6 is 28.7 Å². The van der Waals surface area contributed by atoms with Crippen molar-refractivity contribution in [2.24, 2.45) is 4.99 Å². The molecule has 2 unspecified atom stereocenters. The first kappa shape index (κ1) is 16.3. The third kappa shape index (κ3) is 3.97. The minimum Gasteiger partial charge on any atom is -0.360 e. The molecule has 0 spiro atoms. The smallest absolute Gasteiger partial charge is 0.269 e. The van der Waals surface area contributed by atoms with Gasteiger partial charge in [0.15, 0.2) is 5.17 Å². The van der Waals surface area contributed by atoms with Gasteiger partial charge in [0.05, 0.1) is 17.0 Å². The van der Waals surface area contributed by atoms with Crippen molar-refractivity contribution in [1.82, 2.24) is 5.32 Å². The topological polar surface area (TPSA) is 67.5 Å². The van der Waals surface area contributed by atoms with Crippen molar-refractivity contribution in [1.29, 1.82) is 0 Å². The molecule has 0 bridgehead atoms. The van der Waals surface area contributed by atoms with E-state index >= 15 is 0 Å². The van der Waals surface area contributed by atoms with Crippen LogP contribution in [-0.4, -0.2) is 22.2 Å². The van der Waals surface area contributed by atoms with E-state index in [9.17, 15) is 10.1 Å². The lowest BCUT2D eigenvalue weighted by molar-refractivity contribution is -0.384. The number of hydrogen-bond acceptors (Lipinski definition) is 5. The molecule has 114 valence electrons. The molecule has 1 fully saturated rings. The Labute approximate surface area is 138 Å². The first-order valence-electron chi connectivity index (χ1n) is 6.93. The Morgan fingerprint density at radius 1 is 1.29 bits per heavy atom. The van der Waals surface area contributed by atoms with E-state index in [2.05, 4.69) is 5.32 Å². The van der Waals surface area contributed by atoms with Gasteiger partial charge < -0.3 is 5.32 Å². The molecule has 7 heteroatoms. The first-order chi connectivity index (χ1) is 9.72. The summed E-state index contributed by atoms with van der Waals surface area (Å²) in [5.41, 5.74) is 1.22. The SMILES string of the molecule is Br.O=[N+]([O-])c1ccc(CSC2=NC3CCCCC3N2)cc1. The van der Waals surface area contributed by atoms with Gasteiger partial charge >= 0.3 is 0 Å². The number of nitrogens with one attached hydrogen (secondary N) is 1. The molecule has 2 aliphatic rings. The molecule has 1 aromatic carbocycles. The van der Waals surface area contributed by atoms with Crippen molar-refractivity contribution in [3.05, 3.63) is 39.9 Å². The molecule has 0 aromatic heterocycles. The van der Waals surface area contributed by atoms with Gasteiger partial charge in [-0.2, -0.15) is 0 Å². The normalized spacial score (nSPS) is 23.5. The maximum absolute atomic E-state index is 10.6. The number of hydrogen-bond donors (Lipinski definition) is 1. The van der Waals surface area contributed by atoms with E-state index in [1.54, 1.807) is 23.9 Å². The number of nitro groups is 1. The van der Waals surface area contributed by atoms with Gasteiger partial charge in [-0.3, -0.25) is 15.1 Å². The number of thioether (sulfide) groups is 1. The molecule has 21 heavy (non-hydrogen) atoms. The van der Waals surface area contributed by atoms with Gasteiger partial charge in [-0.15, -0.1) is 17.0 Å². The van der Waals surface area contributed by atoms with Crippen LogP contribution in [0.4, 0.5) is 5.69 Å². The Bertz CT molecular complexity index is 536. The average Bonchev–Trinajstić information content (AvgIpc) is 2.88. The molecule has 1 N–H and O–H groups in total. The molecular formula is C14H18BrN3O2S. The summed E-state index contributed by atoms with van der Waals surface area (Å²) in [6, 6.07) is 7.73. The lowest BCUT2D eigenvalue weighted by atomic mass is 9.92. The highest BCUT2D eigenvalue weighted by Gasteiger charge is 2.30. The van der Waals surface area contributed by atoms with Crippen molar-refractivity contribution >= 4 is 39.6 Å². The number of fused-ring (bicyclic) bond motifs is 1. The van der Waals surface area contributed by atoms with Gasteiger partial charge in [0.2, 0.25) is 0 Å². The largest absolute Gasteiger partial charge is 0.360 e. The highest BCUT2D eigenvalue weighted by molar-refractivity contribution is 8.93. The van der Waals surface area contributed by atoms with Crippen LogP contribution in [0.15, 0.2) is 29.3 Å². The van der Waals surface area contributed by atoms with Gasteiger partial charge in [0.1, 0.15) is 0 Å². The molecule has 5 nitrogen and oxygen atoms in total. The van der Waals surface area contributed by atoms with Gasteiger partial charge in [0, 0.05) is 17.9 Å². The highest BCUT2D eigenvalue weighted by atomic mass is 79.9. The van der Waals surface area contributed by atoms with Crippen molar-refractivity contribution in [3.8, 4) is 0 Å². The quantitative estimate of drug-likeness (QED) is 0.649. The summed E-state index contributed by atoms with van der Waals surface area (Å²) in [4.78, 5) is 15.0. The summed E-state index contributed by atoms with van der Waals surface area (Å²) in [6.45, 7) is 0. The second-order valence-corrected chi connectivity index (χ2v) is 6.21. The fourth-order valence-electron chi connectivity index (χ4n) is 2.73. The summed E-state index contributed by atoms with van der Waals surface area (Å²) < 4.78 is 0. The van der Waals surface area contributed by atoms with Gasteiger partial charge in [-0.05, 0) is 18.4 Å². The summed E-state index contributed by atoms with van der Waals surface area (Å²) in [7, 11) is 0. The van der Waals surface area contributed by atoms with Gasteiger partial charge in [0.25, 0.3) is 5.69 Å². The van der Waals surface area contributed by atoms with E-state index in [4.69, 9.17) is 4.99 Å². The average molecular weight is 372 g/mol. The zero-order valence-electron chi connectivity index (χ0n) is 11.5. The molecule has 1 aliphatic carbocycles. The Balaban J connectivity index is 0.00000161. The molecule has 3 rings (SSSR count). The molecular weight excluding hydrogens is 354 g/mol. The van der Waals surface area contributed by atoms with Crippen molar-refractivity contribution in [2.75, 3.05) is 0 Å². The highest BCUT2D eigenvalue weighted by Crippen LogP contribution is 2.28. The maximum atomic E-state index is 10.6. The number of benzene rings is 1. The molecule has 1 aliphatic heterocycles. The van der Waals surface area contributed by atoms with Crippen LogP contribution in [-0.2, 0) is 5.75 Å². The predicted molar refractivity (Wildman–Crippen MR) is 91.3 cm³/mol. The molecule has 0 radical (unpaired) electrons. The summed E-state index contributed by atoms with van der Waals surface area (Å²) in [5, 5.41) is 15.1. The number of amidine groups is 1. The lowest BCUT2D eigenvalue weighted by Crippen LogP contribution is -2.36. The fourth-order valence-corrected chi connectivity index (χ4v) is 3.67. The number of halogens is 1. The lowest BCUT2D eigenvalue weighted by Gasteiger charge is -2.23. The van der Waals surface area contributed by atoms with Crippen LogP contribution in [0.3, 0.4) is 0 Å². The second kappa shape index (κ2) is 7.26. The monoisotopic (exact) mass is 371 g/mol. The Kier molecular flexibility index (Phi) is 5.64. The third-order valence-corrected chi connectivity index (χ3v) is 4.82. The number of nitro benzene ring substituents is 1. The maximum Gasteiger partial charge on any atom is 0.269 e. The fraction of sp³-hybridized carbons (Fsp3) is 0.500. The Morgan fingerprint density at radius 3 is 2.67 bits per heavy atom. The van der Waals surface area contributed by atoms with Crippen molar-refractivity contribution < 1.29 is 4.92 Å². The van der Waals surface area contributed by atoms with E-state index in [1.807, 2.05) is 12.1 Å². The Hall–Kier alpha value is -1.08. The van der Waals surface area contributed by atoms with Crippen LogP contribution < -0.4 is 5.32 Å². The van der Waals surface area contributed by atoms with Crippen molar-refractivity contribution in [3.63, 3.8) is 0 Å². The van der Waals surface area contributed by atoms with Gasteiger partial charge in [-0.25, -0.2) is 0 Å². The molecule has 1 aromatic rings. The van der Waals surface area contributed by atoms with Crippen LogP contribution in [0, 0.1) is 10.1 Å². The molecule has 1 saturated carbocycles. The standard InChI is InChI=1S/C14H17N3O2S.BrH/c18-17(19)11-7-5-10(6-8-11)9-20-14-15-12-3-1-2-4-13(12)16-14;/h5-8,12-13H,1-4,9H2,(H,15,16);1H. The van der Waals surface area contributed by atoms with Crippen LogP contribution in [0.2, 0.25) is 0 Å². The zero-order valence-corrected chi connectivity index (χ0v) is 14.1. The molecule has 0 amide bonds. The van der Waals surface area contributed by atoms with E-state index in [0.717, 1.165) is 16.5 Å². The van der Waals surface area contributed by atoms with Crippen LogP contribution in [0.1, 0.15) is 31.2 Å². The molecule has 1 heterocycles. The minimum atomic E-state index is -0.371. The number of rotatable bonds is 3. The summed E-state index contributed by atoms with van der Waals surface area (Å²) in [5.74, 6) is 0.795. The van der Waals surface area contributed by atoms with Crippen molar-refractivity contribution in [2.45, 2.75) is 43.5 Å². The first-order valence-corrected chi connectivity index (χ1v) is 7.91. The zero-order chi connectivity index (χ0) is 13.9. The van der Waals surface area contributed by atoms with E-state index < -0.39 is 0 Å². The number of non-ortho nitro benzene ring substituents is 1. The second-order valence-electron chi connectivity index (χ2n) is 5.25. The number of nitrogens with zero attached hydrogens (tertiary/aromatic N) is 2. The molecule has 0 saturated heterocycles. The number of aliphatic imine (C=N–C) groups is 1. The van der Waals surface area contributed by atoms with E-state index in [0.29, 0.717) is 12.1 Å². The minimum absolute atomic E-state index is 0. The van der Waals surface area contributed by atoms with Gasteiger partial charge in [-0.1, -0.05) is 36.7 Å². The van der Waals surface area contributed by atoms with Crippen LogP contribution in [0.25, 0.3) is 0 Å². The van der Waals surface area contributed by atoms with Crippen LogP contribution in [0.5, 0.6) is 0 Å². The summed E-state index contributed by atoms with van der Waals surface area (Å²) >= 11 is 1.69. The summed E-state index contributed by atoms with van der Waals surface area (Å²) in [6.07, 6.45) is 4.99. The van der Waals surface area contributed by atoms with E-state index in [-0.39, 0.29) is 27.6 Å². The predicted octanol–water partition coefficient (Wildman–Crippen LogP) is 3.68. The third-order valence-electron chi connectivity index (χ3n) is 3.84. The van der Waals surface area contributed by atoms with E-state index in [1.165, 1.54) is 25.7 Å².